The Hall–Kier alpha value is 0.200. The first-order valence-electron chi connectivity index (χ1n) is 8.46. The van der Waals surface area contributed by atoms with Crippen molar-refractivity contribution in [3.63, 3.8) is 0 Å². The highest BCUT2D eigenvalue weighted by Gasteiger charge is 2.20. The van der Waals surface area contributed by atoms with Crippen molar-refractivity contribution in [3.05, 3.63) is 0 Å². The van der Waals surface area contributed by atoms with Crippen LogP contribution >= 0.6 is 22.6 Å². The Kier molecular flexibility index (Phi) is 14.3. The Morgan fingerprint density at radius 1 is 0.900 bits per heavy atom. The van der Waals surface area contributed by atoms with Crippen LogP contribution in [0.3, 0.4) is 0 Å². The number of carboxylic acids is 1. The van der Waals surface area contributed by atoms with Gasteiger partial charge in [-0.15, -0.1) is 0 Å². The van der Waals surface area contributed by atoms with Gasteiger partial charge in [-0.3, -0.25) is 4.79 Å². The van der Waals surface area contributed by atoms with Crippen LogP contribution in [0.15, 0.2) is 0 Å². The van der Waals surface area contributed by atoms with Crippen LogP contribution < -0.4 is 0 Å². The molecule has 0 fully saturated rings. The number of halogens is 1. The minimum Gasteiger partial charge on any atom is -0.480 e. The van der Waals surface area contributed by atoms with Gasteiger partial charge < -0.3 is 5.11 Å². The number of hydrogen-bond donors (Lipinski definition) is 1. The SMILES string of the molecule is CCCCCCCCCCCCCC(C)C(I)C(=O)O. The van der Waals surface area contributed by atoms with Gasteiger partial charge in [0.25, 0.3) is 0 Å². The zero-order valence-electron chi connectivity index (χ0n) is 13.4. The van der Waals surface area contributed by atoms with Crippen LogP contribution in [0, 0.1) is 5.92 Å². The van der Waals surface area contributed by atoms with E-state index in [0.29, 0.717) is 5.92 Å². The Bertz CT molecular complexity index is 231. The van der Waals surface area contributed by atoms with E-state index >= 15 is 0 Å². The van der Waals surface area contributed by atoms with E-state index < -0.39 is 5.97 Å². The zero-order valence-corrected chi connectivity index (χ0v) is 15.5. The van der Waals surface area contributed by atoms with Crippen molar-refractivity contribution in [2.75, 3.05) is 0 Å². The molecule has 0 saturated carbocycles. The smallest absolute Gasteiger partial charge is 0.316 e. The van der Waals surface area contributed by atoms with Crippen molar-refractivity contribution < 1.29 is 9.90 Å². The Balaban J connectivity index is 3.22. The molecule has 20 heavy (non-hydrogen) atoms. The lowest BCUT2D eigenvalue weighted by Crippen LogP contribution is -2.21. The normalized spacial score (nSPS) is 14.2. The molecule has 0 aliphatic carbocycles. The van der Waals surface area contributed by atoms with Crippen LogP contribution in [0.5, 0.6) is 0 Å². The third kappa shape index (κ3) is 12.0. The third-order valence-electron chi connectivity index (χ3n) is 4.00. The molecule has 0 saturated heterocycles. The van der Waals surface area contributed by atoms with Crippen molar-refractivity contribution in [1.29, 1.82) is 0 Å². The molecule has 0 spiro atoms. The fourth-order valence-corrected chi connectivity index (χ4v) is 2.88. The average molecular weight is 396 g/mol. The molecule has 1 N–H and O–H groups in total. The van der Waals surface area contributed by atoms with Crippen LogP contribution in [0.25, 0.3) is 0 Å². The summed E-state index contributed by atoms with van der Waals surface area (Å²) in [5.74, 6) is -0.368. The minimum absolute atomic E-state index is 0.226. The van der Waals surface area contributed by atoms with Crippen molar-refractivity contribution in [1.82, 2.24) is 0 Å². The first kappa shape index (κ1) is 20.2. The van der Waals surface area contributed by atoms with Crippen LogP contribution in [0.1, 0.15) is 90.9 Å². The Morgan fingerprint density at radius 2 is 1.30 bits per heavy atom. The number of rotatable bonds is 14. The summed E-state index contributed by atoms with van der Waals surface area (Å²) in [5, 5.41) is 8.92. The first-order valence-corrected chi connectivity index (χ1v) is 9.71. The molecule has 0 radical (unpaired) electrons. The molecular formula is C17H33IO2. The highest BCUT2D eigenvalue weighted by molar-refractivity contribution is 14.1. The second-order valence-corrected chi connectivity index (χ2v) is 7.38. The number of unbranched alkanes of at least 4 members (excludes halogenated alkanes) is 10. The fourth-order valence-electron chi connectivity index (χ4n) is 2.52. The second-order valence-electron chi connectivity index (χ2n) is 6.04. The number of aliphatic carboxylic acids is 1. The molecule has 0 aliphatic rings. The molecule has 0 bridgehead atoms. The molecule has 0 aliphatic heterocycles. The lowest BCUT2D eigenvalue weighted by atomic mass is 9.99. The maximum absolute atomic E-state index is 10.8. The van der Waals surface area contributed by atoms with Gasteiger partial charge in [0, 0.05) is 0 Å². The summed E-state index contributed by atoms with van der Waals surface area (Å²) in [5.41, 5.74) is 0. The van der Waals surface area contributed by atoms with Gasteiger partial charge in [-0.1, -0.05) is 107 Å². The van der Waals surface area contributed by atoms with E-state index in [1.807, 2.05) is 0 Å². The van der Waals surface area contributed by atoms with Crippen LogP contribution in [0.4, 0.5) is 0 Å². The Morgan fingerprint density at radius 3 is 1.70 bits per heavy atom. The summed E-state index contributed by atoms with van der Waals surface area (Å²) in [7, 11) is 0. The van der Waals surface area contributed by atoms with Gasteiger partial charge in [-0.25, -0.2) is 0 Å². The lowest BCUT2D eigenvalue weighted by molar-refractivity contribution is -0.136. The Labute approximate surface area is 139 Å². The first-order chi connectivity index (χ1) is 9.59. The fraction of sp³-hybridized carbons (Fsp3) is 0.941. The molecule has 0 rings (SSSR count). The second kappa shape index (κ2) is 14.2. The van der Waals surface area contributed by atoms with E-state index in [-0.39, 0.29) is 3.92 Å². The number of carboxylic acid groups (broad SMARTS) is 1. The van der Waals surface area contributed by atoms with Gasteiger partial charge in [0.2, 0.25) is 0 Å². The van der Waals surface area contributed by atoms with E-state index in [0.717, 1.165) is 6.42 Å². The summed E-state index contributed by atoms with van der Waals surface area (Å²) < 4.78 is -0.226. The van der Waals surface area contributed by atoms with Gasteiger partial charge >= 0.3 is 5.97 Å². The molecule has 0 aromatic carbocycles. The quantitative estimate of drug-likeness (QED) is 0.215. The summed E-state index contributed by atoms with van der Waals surface area (Å²) in [6.45, 7) is 4.32. The highest BCUT2D eigenvalue weighted by Crippen LogP contribution is 2.21. The van der Waals surface area contributed by atoms with Crippen molar-refractivity contribution in [2.24, 2.45) is 5.92 Å². The van der Waals surface area contributed by atoms with Crippen LogP contribution in [-0.4, -0.2) is 15.0 Å². The average Bonchev–Trinajstić information content (AvgIpc) is 2.43. The monoisotopic (exact) mass is 396 g/mol. The molecule has 0 aromatic heterocycles. The number of alkyl halides is 1. The lowest BCUT2D eigenvalue weighted by Gasteiger charge is -2.13. The molecule has 120 valence electrons. The van der Waals surface area contributed by atoms with Crippen LogP contribution in [0.2, 0.25) is 0 Å². The topological polar surface area (TPSA) is 37.3 Å². The van der Waals surface area contributed by atoms with Crippen molar-refractivity contribution in [3.8, 4) is 0 Å². The largest absolute Gasteiger partial charge is 0.480 e. The maximum Gasteiger partial charge on any atom is 0.316 e. The number of hydrogen-bond acceptors (Lipinski definition) is 1. The summed E-state index contributed by atoms with van der Waals surface area (Å²) in [6.07, 6.45) is 15.9. The van der Waals surface area contributed by atoms with Crippen LogP contribution in [-0.2, 0) is 4.79 Å². The van der Waals surface area contributed by atoms with Gasteiger partial charge in [0.15, 0.2) is 0 Å². The molecule has 3 heteroatoms. The maximum atomic E-state index is 10.8. The molecule has 2 atom stereocenters. The van der Waals surface area contributed by atoms with Gasteiger partial charge in [0.1, 0.15) is 3.92 Å². The summed E-state index contributed by atoms with van der Waals surface area (Å²) in [6, 6.07) is 0. The molecule has 0 heterocycles. The highest BCUT2D eigenvalue weighted by atomic mass is 127. The summed E-state index contributed by atoms with van der Waals surface area (Å²) in [4.78, 5) is 10.8. The third-order valence-corrected chi connectivity index (χ3v) is 5.76. The van der Waals surface area contributed by atoms with Crippen molar-refractivity contribution in [2.45, 2.75) is 94.8 Å². The molecule has 2 unspecified atom stereocenters. The van der Waals surface area contributed by atoms with Gasteiger partial charge in [-0.2, -0.15) is 0 Å². The van der Waals surface area contributed by atoms with E-state index in [9.17, 15) is 4.79 Å². The van der Waals surface area contributed by atoms with E-state index in [1.54, 1.807) is 0 Å². The molecule has 2 nitrogen and oxygen atoms in total. The zero-order chi connectivity index (χ0) is 15.2. The molecular weight excluding hydrogens is 363 g/mol. The predicted molar refractivity (Wildman–Crippen MR) is 95.7 cm³/mol. The van der Waals surface area contributed by atoms with E-state index in [2.05, 4.69) is 36.4 Å². The van der Waals surface area contributed by atoms with Gasteiger partial charge in [0.05, 0.1) is 0 Å². The van der Waals surface area contributed by atoms with Gasteiger partial charge in [-0.05, 0) is 12.3 Å². The van der Waals surface area contributed by atoms with E-state index in [1.165, 1.54) is 70.6 Å². The standard InChI is InChI=1S/C17H33IO2/c1-3-4-5-6-7-8-9-10-11-12-13-14-15(2)16(18)17(19)20/h15-16H,3-14H2,1-2H3,(H,19,20). The predicted octanol–water partition coefficient (Wildman–Crippen LogP) is 6.21. The van der Waals surface area contributed by atoms with Crippen molar-refractivity contribution >= 4 is 28.6 Å². The summed E-state index contributed by atoms with van der Waals surface area (Å²) >= 11 is 2.05. The number of carbonyl (C=O) groups is 1. The molecule has 0 aromatic rings. The minimum atomic E-state index is -0.666. The van der Waals surface area contributed by atoms with E-state index in [4.69, 9.17) is 5.11 Å². The molecule has 0 amide bonds.